The molecule has 0 spiro atoms. The fraction of sp³-hybridized carbons (Fsp3) is 0.143. The number of hydrogen-bond donors (Lipinski definition) is 1. The Kier molecular flexibility index (Phi) is 4.51. The van der Waals surface area contributed by atoms with Crippen LogP contribution in [0.1, 0.15) is 15.9 Å². The van der Waals surface area contributed by atoms with Crippen LogP contribution in [0.2, 0.25) is 0 Å². The van der Waals surface area contributed by atoms with Gasteiger partial charge >= 0.3 is 0 Å². The number of carbonyl (C=O) groups excluding carboxylic acids is 1. The molecule has 0 fully saturated rings. The summed E-state index contributed by atoms with van der Waals surface area (Å²) < 4.78 is 4.26. The maximum absolute atomic E-state index is 12.2. The molecular formula is C21H20N4O. The first-order valence-electron chi connectivity index (χ1n) is 8.67. The number of nitrogens with one attached hydrogen (secondary N) is 1. The fourth-order valence-electron chi connectivity index (χ4n) is 3.19. The standard InChI is InChI=1S/C21H20N4O/c26-21(17-6-2-1-3-7-17)23-11-13-25-15-18(14-24-12-10-22-16-24)19-8-4-5-9-20(19)25/h1-10,12,15-16H,11,13-14H2,(H,23,26). The topological polar surface area (TPSA) is 51.9 Å². The molecule has 0 aliphatic rings. The van der Waals surface area contributed by atoms with Crippen LogP contribution in [0.25, 0.3) is 10.9 Å². The van der Waals surface area contributed by atoms with Gasteiger partial charge in [0.05, 0.1) is 12.9 Å². The molecule has 130 valence electrons. The van der Waals surface area contributed by atoms with Crippen LogP contribution in [0.4, 0.5) is 0 Å². The Labute approximate surface area is 151 Å². The Bertz CT molecular complexity index is 1000. The quantitative estimate of drug-likeness (QED) is 0.583. The molecule has 5 nitrogen and oxygen atoms in total. The number of aromatic nitrogens is 3. The maximum Gasteiger partial charge on any atom is 0.251 e. The number of para-hydroxylation sites is 1. The molecule has 2 aromatic heterocycles. The SMILES string of the molecule is O=C(NCCn1cc(Cn2ccnc2)c2ccccc21)c1ccccc1. The second kappa shape index (κ2) is 7.27. The first-order chi connectivity index (χ1) is 12.8. The number of carbonyl (C=O) groups is 1. The van der Waals surface area contributed by atoms with Crippen molar-refractivity contribution in [1.82, 2.24) is 19.4 Å². The molecule has 4 rings (SSSR count). The number of rotatable bonds is 6. The van der Waals surface area contributed by atoms with E-state index in [9.17, 15) is 4.79 Å². The van der Waals surface area contributed by atoms with Gasteiger partial charge in [-0.3, -0.25) is 4.79 Å². The van der Waals surface area contributed by atoms with E-state index in [1.54, 1.807) is 6.20 Å². The van der Waals surface area contributed by atoms with Crippen molar-refractivity contribution in [3.8, 4) is 0 Å². The molecule has 0 saturated heterocycles. The summed E-state index contributed by atoms with van der Waals surface area (Å²) in [7, 11) is 0. The van der Waals surface area contributed by atoms with Crippen molar-refractivity contribution in [2.45, 2.75) is 13.1 Å². The summed E-state index contributed by atoms with van der Waals surface area (Å²) in [5, 5.41) is 4.22. The second-order valence-electron chi connectivity index (χ2n) is 6.22. The highest BCUT2D eigenvalue weighted by atomic mass is 16.1. The third kappa shape index (κ3) is 3.37. The lowest BCUT2D eigenvalue weighted by Crippen LogP contribution is -2.27. The Morgan fingerprint density at radius 2 is 1.85 bits per heavy atom. The van der Waals surface area contributed by atoms with E-state index < -0.39 is 0 Å². The van der Waals surface area contributed by atoms with Gasteiger partial charge in [0.2, 0.25) is 0 Å². The summed E-state index contributed by atoms with van der Waals surface area (Å²) in [6.45, 7) is 2.09. The van der Waals surface area contributed by atoms with Gasteiger partial charge < -0.3 is 14.5 Å². The largest absolute Gasteiger partial charge is 0.350 e. The summed E-state index contributed by atoms with van der Waals surface area (Å²) in [5.74, 6) is -0.0410. The van der Waals surface area contributed by atoms with Crippen LogP contribution in [0.15, 0.2) is 79.5 Å². The Morgan fingerprint density at radius 3 is 2.65 bits per heavy atom. The first kappa shape index (κ1) is 16.1. The number of benzene rings is 2. The van der Waals surface area contributed by atoms with Crippen molar-refractivity contribution < 1.29 is 4.79 Å². The van der Waals surface area contributed by atoms with E-state index in [1.165, 1.54) is 16.5 Å². The van der Waals surface area contributed by atoms with E-state index in [0.29, 0.717) is 12.1 Å². The Hall–Kier alpha value is -3.34. The zero-order valence-corrected chi connectivity index (χ0v) is 14.4. The average Bonchev–Trinajstić information content (AvgIpc) is 3.32. The van der Waals surface area contributed by atoms with Crippen molar-refractivity contribution in [3.05, 3.63) is 90.6 Å². The van der Waals surface area contributed by atoms with Crippen molar-refractivity contribution >= 4 is 16.8 Å². The third-order valence-corrected chi connectivity index (χ3v) is 4.46. The summed E-state index contributed by atoms with van der Waals surface area (Å²) in [6, 6.07) is 17.7. The van der Waals surface area contributed by atoms with Gasteiger partial charge in [-0.05, 0) is 23.8 Å². The lowest BCUT2D eigenvalue weighted by Gasteiger charge is -2.07. The molecule has 0 bridgehead atoms. The van der Waals surface area contributed by atoms with Crippen LogP contribution < -0.4 is 5.32 Å². The zero-order chi connectivity index (χ0) is 17.8. The Balaban J connectivity index is 1.49. The number of imidazole rings is 1. The molecule has 4 aromatic rings. The van der Waals surface area contributed by atoms with E-state index >= 15 is 0 Å². The minimum absolute atomic E-state index is 0.0410. The monoisotopic (exact) mass is 344 g/mol. The molecule has 0 aliphatic carbocycles. The molecule has 0 saturated carbocycles. The molecular weight excluding hydrogens is 324 g/mol. The molecule has 0 radical (unpaired) electrons. The van der Waals surface area contributed by atoms with Crippen molar-refractivity contribution in [3.63, 3.8) is 0 Å². The molecule has 5 heteroatoms. The summed E-state index contributed by atoms with van der Waals surface area (Å²) in [4.78, 5) is 16.3. The minimum Gasteiger partial charge on any atom is -0.350 e. The Morgan fingerprint density at radius 1 is 1.04 bits per heavy atom. The average molecular weight is 344 g/mol. The molecule has 26 heavy (non-hydrogen) atoms. The van der Waals surface area contributed by atoms with E-state index in [4.69, 9.17) is 0 Å². The third-order valence-electron chi connectivity index (χ3n) is 4.46. The van der Waals surface area contributed by atoms with Gasteiger partial charge in [0.1, 0.15) is 0 Å². The predicted octanol–water partition coefficient (Wildman–Crippen LogP) is 3.32. The summed E-state index contributed by atoms with van der Waals surface area (Å²) in [6.07, 6.45) is 7.75. The van der Waals surface area contributed by atoms with Crippen molar-refractivity contribution in [2.75, 3.05) is 6.54 Å². The molecule has 2 aromatic carbocycles. The smallest absolute Gasteiger partial charge is 0.251 e. The first-order valence-corrected chi connectivity index (χ1v) is 8.67. The van der Waals surface area contributed by atoms with Gasteiger partial charge in [-0.2, -0.15) is 0 Å². The highest BCUT2D eigenvalue weighted by Crippen LogP contribution is 2.22. The minimum atomic E-state index is -0.0410. The van der Waals surface area contributed by atoms with Gasteiger partial charge in [0.15, 0.2) is 0 Å². The van der Waals surface area contributed by atoms with Crippen LogP contribution in [-0.2, 0) is 13.1 Å². The van der Waals surface area contributed by atoms with Crippen LogP contribution in [0.3, 0.4) is 0 Å². The van der Waals surface area contributed by atoms with Crippen molar-refractivity contribution in [1.29, 1.82) is 0 Å². The van der Waals surface area contributed by atoms with Gasteiger partial charge in [-0.15, -0.1) is 0 Å². The van der Waals surface area contributed by atoms with Crippen LogP contribution >= 0.6 is 0 Å². The van der Waals surface area contributed by atoms with Crippen molar-refractivity contribution in [2.24, 2.45) is 0 Å². The number of fused-ring (bicyclic) bond motifs is 1. The maximum atomic E-state index is 12.2. The van der Waals surface area contributed by atoms with E-state index in [1.807, 2.05) is 48.9 Å². The molecule has 0 atom stereocenters. The zero-order valence-electron chi connectivity index (χ0n) is 14.4. The summed E-state index contributed by atoms with van der Waals surface area (Å²) >= 11 is 0. The van der Waals surface area contributed by atoms with E-state index in [0.717, 1.165) is 13.1 Å². The lowest BCUT2D eigenvalue weighted by atomic mass is 10.2. The number of amides is 1. The number of nitrogens with zero attached hydrogens (tertiary/aromatic N) is 3. The molecule has 0 aliphatic heterocycles. The van der Waals surface area contributed by atoms with Crippen LogP contribution in [-0.4, -0.2) is 26.6 Å². The van der Waals surface area contributed by atoms with E-state index in [-0.39, 0.29) is 5.91 Å². The van der Waals surface area contributed by atoms with E-state index in [2.05, 4.69) is 43.8 Å². The number of hydrogen-bond acceptors (Lipinski definition) is 2. The fourth-order valence-corrected chi connectivity index (χ4v) is 3.19. The second-order valence-corrected chi connectivity index (χ2v) is 6.22. The highest BCUT2D eigenvalue weighted by Gasteiger charge is 2.09. The van der Waals surface area contributed by atoms with Gasteiger partial charge in [-0.25, -0.2) is 4.98 Å². The lowest BCUT2D eigenvalue weighted by molar-refractivity contribution is 0.0952. The molecule has 1 N–H and O–H groups in total. The normalized spacial score (nSPS) is 10.9. The predicted molar refractivity (Wildman–Crippen MR) is 102 cm³/mol. The summed E-state index contributed by atoms with van der Waals surface area (Å²) in [5.41, 5.74) is 3.11. The molecule has 0 unspecified atom stereocenters. The van der Waals surface area contributed by atoms with Crippen LogP contribution in [0.5, 0.6) is 0 Å². The molecule has 2 heterocycles. The van der Waals surface area contributed by atoms with Gasteiger partial charge in [-0.1, -0.05) is 36.4 Å². The van der Waals surface area contributed by atoms with Gasteiger partial charge in [0.25, 0.3) is 5.91 Å². The van der Waals surface area contributed by atoms with Crippen LogP contribution in [0, 0.1) is 0 Å². The molecule has 1 amide bonds. The highest BCUT2D eigenvalue weighted by molar-refractivity contribution is 5.94. The van der Waals surface area contributed by atoms with Gasteiger partial charge in [0, 0.05) is 48.1 Å².